The van der Waals surface area contributed by atoms with Gasteiger partial charge < -0.3 is 5.32 Å². The van der Waals surface area contributed by atoms with Crippen molar-refractivity contribution in [2.75, 3.05) is 11.9 Å². The van der Waals surface area contributed by atoms with Gasteiger partial charge in [-0.25, -0.2) is 4.39 Å². The normalized spacial score (nSPS) is 15.7. The highest BCUT2D eigenvalue weighted by molar-refractivity contribution is 9.09. The van der Waals surface area contributed by atoms with E-state index in [-0.39, 0.29) is 16.7 Å². The van der Waals surface area contributed by atoms with E-state index >= 15 is 0 Å². The summed E-state index contributed by atoms with van der Waals surface area (Å²) in [5.74, 6) is -1.26. The summed E-state index contributed by atoms with van der Waals surface area (Å²) < 4.78 is 13.2. The first-order valence-corrected chi connectivity index (χ1v) is 7.38. The first-order valence-electron chi connectivity index (χ1n) is 6.25. The number of carbonyl (C=O) groups excluding carboxylic acids is 1. The van der Waals surface area contributed by atoms with Crippen molar-refractivity contribution < 1.29 is 14.1 Å². The molecule has 20 heavy (non-hydrogen) atoms. The van der Waals surface area contributed by atoms with Crippen LogP contribution in [0.2, 0.25) is 0 Å². The molecule has 0 radical (unpaired) electrons. The zero-order valence-corrected chi connectivity index (χ0v) is 12.3. The Morgan fingerprint density at radius 3 is 2.75 bits per heavy atom. The fourth-order valence-electron chi connectivity index (χ4n) is 2.10. The molecule has 1 aliphatic rings. The van der Waals surface area contributed by atoms with Gasteiger partial charge in [-0.05, 0) is 36.8 Å². The summed E-state index contributed by atoms with van der Waals surface area (Å²) in [6.45, 7) is 0.463. The maximum Gasteiger partial charge on any atom is 0.282 e. The molecule has 0 aliphatic heterocycles. The van der Waals surface area contributed by atoms with Gasteiger partial charge in [-0.2, -0.15) is 0 Å². The average molecular weight is 345 g/mol. The molecular formula is C13H14BrFN2O3. The van der Waals surface area contributed by atoms with Gasteiger partial charge in [0.15, 0.2) is 0 Å². The fourth-order valence-corrected chi connectivity index (χ4v) is 2.95. The number of rotatable bonds is 6. The second-order valence-electron chi connectivity index (χ2n) is 5.04. The lowest BCUT2D eigenvalue weighted by Crippen LogP contribution is -2.31. The number of hydrogen-bond donors (Lipinski definition) is 1. The molecule has 1 amide bonds. The van der Waals surface area contributed by atoms with E-state index in [1.54, 1.807) is 0 Å². The van der Waals surface area contributed by atoms with Gasteiger partial charge in [-0.3, -0.25) is 14.9 Å². The minimum atomic E-state index is -0.681. The van der Waals surface area contributed by atoms with E-state index in [9.17, 15) is 19.3 Å². The highest BCUT2D eigenvalue weighted by atomic mass is 79.9. The molecule has 0 heterocycles. The van der Waals surface area contributed by atoms with Crippen molar-refractivity contribution in [3.63, 3.8) is 0 Å². The number of alkyl halides is 1. The lowest BCUT2D eigenvalue weighted by molar-refractivity contribution is -0.385. The summed E-state index contributed by atoms with van der Waals surface area (Å²) in [5, 5.41) is 14.4. The van der Waals surface area contributed by atoms with Crippen LogP contribution >= 0.6 is 15.9 Å². The number of carbonyl (C=O) groups is 1. The first kappa shape index (κ1) is 14.9. The van der Waals surface area contributed by atoms with E-state index in [0.717, 1.165) is 42.8 Å². The van der Waals surface area contributed by atoms with Gasteiger partial charge in [-0.1, -0.05) is 15.9 Å². The second kappa shape index (κ2) is 5.87. The third-order valence-electron chi connectivity index (χ3n) is 3.61. The molecule has 7 heteroatoms. The van der Waals surface area contributed by atoms with Crippen LogP contribution in [0.4, 0.5) is 10.1 Å². The van der Waals surface area contributed by atoms with Crippen LogP contribution in [0.1, 0.15) is 29.6 Å². The zero-order valence-electron chi connectivity index (χ0n) is 10.7. The van der Waals surface area contributed by atoms with Crippen molar-refractivity contribution >= 4 is 27.5 Å². The molecule has 1 fully saturated rings. The Hall–Kier alpha value is -1.50. The molecule has 108 valence electrons. The van der Waals surface area contributed by atoms with Gasteiger partial charge >= 0.3 is 0 Å². The molecule has 1 saturated carbocycles. The smallest absolute Gasteiger partial charge is 0.282 e. The van der Waals surface area contributed by atoms with Gasteiger partial charge in [0.2, 0.25) is 0 Å². The predicted molar refractivity (Wildman–Crippen MR) is 75.5 cm³/mol. The van der Waals surface area contributed by atoms with Gasteiger partial charge in [-0.15, -0.1) is 0 Å². The number of nitrogens with one attached hydrogen (secondary N) is 1. The topological polar surface area (TPSA) is 72.2 Å². The number of nitro benzene ring substituents is 1. The molecule has 0 bridgehead atoms. The van der Waals surface area contributed by atoms with E-state index in [1.165, 1.54) is 0 Å². The largest absolute Gasteiger partial charge is 0.351 e. The number of hydrogen-bond acceptors (Lipinski definition) is 3. The average Bonchev–Trinajstić information content (AvgIpc) is 3.16. The summed E-state index contributed by atoms with van der Waals surface area (Å²) in [7, 11) is 0. The molecule has 1 aromatic rings. The van der Waals surface area contributed by atoms with Gasteiger partial charge in [0.25, 0.3) is 11.6 Å². The molecule has 5 nitrogen and oxygen atoms in total. The Kier molecular flexibility index (Phi) is 4.37. The molecule has 0 aromatic heterocycles. The molecule has 1 N–H and O–H groups in total. The molecular weight excluding hydrogens is 331 g/mol. The van der Waals surface area contributed by atoms with Gasteiger partial charge in [0.1, 0.15) is 11.4 Å². The van der Waals surface area contributed by atoms with Crippen LogP contribution < -0.4 is 5.32 Å². The number of benzene rings is 1. The molecule has 0 spiro atoms. The summed E-state index contributed by atoms with van der Waals surface area (Å²) >= 11 is 3.37. The summed E-state index contributed by atoms with van der Waals surface area (Å²) in [6.07, 6.45) is 3.01. The Balaban J connectivity index is 2.09. The SMILES string of the molecule is O=C(NCC1(CCBr)CC1)c1cc(F)ccc1[N+](=O)[O-]. The summed E-state index contributed by atoms with van der Waals surface area (Å²) in [6, 6.07) is 2.88. The summed E-state index contributed by atoms with van der Waals surface area (Å²) in [5.41, 5.74) is -0.514. The van der Waals surface area contributed by atoms with Crippen molar-refractivity contribution in [3.05, 3.63) is 39.7 Å². The molecule has 0 saturated heterocycles. The molecule has 2 rings (SSSR count). The highest BCUT2D eigenvalue weighted by Gasteiger charge is 2.42. The Morgan fingerprint density at radius 2 is 2.20 bits per heavy atom. The van der Waals surface area contributed by atoms with E-state index in [1.807, 2.05) is 0 Å². The molecule has 0 atom stereocenters. The van der Waals surface area contributed by atoms with Crippen LogP contribution in [0.3, 0.4) is 0 Å². The van der Waals surface area contributed by atoms with Crippen LogP contribution in [0.25, 0.3) is 0 Å². The number of halogens is 2. The highest BCUT2D eigenvalue weighted by Crippen LogP contribution is 2.48. The lowest BCUT2D eigenvalue weighted by Gasteiger charge is -2.14. The fraction of sp³-hybridized carbons (Fsp3) is 0.462. The maximum atomic E-state index is 13.2. The maximum absolute atomic E-state index is 13.2. The quantitative estimate of drug-likeness (QED) is 0.489. The minimum Gasteiger partial charge on any atom is -0.351 e. The van der Waals surface area contributed by atoms with E-state index in [4.69, 9.17) is 0 Å². The van der Waals surface area contributed by atoms with E-state index < -0.39 is 16.6 Å². The monoisotopic (exact) mass is 344 g/mol. The van der Waals surface area contributed by atoms with Gasteiger partial charge in [0.05, 0.1) is 4.92 Å². The first-order chi connectivity index (χ1) is 9.47. The third kappa shape index (κ3) is 3.33. The van der Waals surface area contributed by atoms with Crippen molar-refractivity contribution in [3.8, 4) is 0 Å². The zero-order chi connectivity index (χ0) is 14.8. The Bertz CT molecular complexity index is 546. The third-order valence-corrected chi connectivity index (χ3v) is 4.00. The Labute approximate surface area is 123 Å². The van der Waals surface area contributed by atoms with Gasteiger partial charge in [0, 0.05) is 17.9 Å². The van der Waals surface area contributed by atoms with Crippen molar-refractivity contribution in [1.29, 1.82) is 0 Å². The number of nitro groups is 1. The van der Waals surface area contributed by atoms with E-state index in [2.05, 4.69) is 21.2 Å². The van der Waals surface area contributed by atoms with Crippen LogP contribution in [0, 0.1) is 21.3 Å². The lowest BCUT2D eigenvalue weighted by atomic mass is 10.0. The van der Waals surface area contributed by atoms with Crippen LogP contribution in [0.5, 0.6) is 0 Å². The van der Waals surface area contributed by atoms with Crippen molar-refractivity contribution in [2.24, 2.45) is 5.41 Å². The van der Waals surface area contributed by atoms with E-state index in [0.29, 0.717) is 6.54 Å². The summed E-state index contributed by atoms with van der Waals surface area (Å²) in [4.78, 5) is 22.2. The van der Waals surface area contributed by atoms with Crippen molar-refractivity contribution in [2.45, 2.75) is 19.3 Å². The molecule has 0 unspecified atom stereocenters. The molecule has 1 aliphatic carbocycles. The molecule has 1 aromatic carbocycles. The predicted octanol–water partition coefficient (Wildman–Crippen LogP) is 3.03. The number of amides is 1. The standard InChI is InChI=1S/C13H14BrFN2O3/c14-6-5-13(3-4-13)8-16-12(18)10-7-9(15)1-2-11(10)17(19)20/h1-2,7H,3-6,8H2,(H,16,18). The van der Waals surface area contributed by atoms with Crippen LogP contribution in [0.15, 0.2) is 18.2 Å². The van der Waals surface area contributed by atoms with Crippen LogP contribution in [-0.4, -0.2) is 22.7 Å². The minimum absolute atomic E-state index is 0.0985. The van der Waals surface area contributed by atoms with Crippen molar-refractivity contribution in [1.82, 2.24) is 5.32 Å². The second-order valence-corrected chi connectivity index (χ2v) is 5.83. The van der Waals surface area contributed by atoms with Crippen LogP contribution in [-0.2, 0) is 0 Å². The number of nitrogens with zero attached hydrogens (tertiary/aromatic N) is 1. The Morgan fingerprint density at radius 1 is 1.50 bits per heavy atom.